The van der Waals surface area contributed by atoms with Crippen LogP contribution >= 0.6 is 0 Å². The lowest BCUT2D eigenvalue weighted by molar-refractivity contribution is 0.631. The Morgan fingerprint density at radius 2 is 2.00 bits per heavy atom. The molecule has 3 nitrogen and oxygen atoms in total. The molecule has 0 aliphatic carbocycles. The van der Waals surface area contributed by atoms with Crippen LogP contribution in [0.5, 0.6) is 0 Å². The van der Waals surface area contributed by atoms with E-state index in [1.54, 1.807) is 6.07 Å². The van der Waals surface area contributed by atoms with E-state index in [-0.39, 0.29) is 5.82 Å². The third-order valence-corrected chi connectivity index (χ3v) is 3.03. The van der Waals surface area contributed by atoms with Crippen LogP contribution in [0.2, 0.25) is 0 Å². The van der Waals surface area contributed by atoms with Crippen LogP contribution in [0.4, 0.5) is 10.2 Å². The number of rotatable bonds is 1. The Kier molecular flexibility index (Phi) is 2.30. The van der Waals surface area contributed by atoms with Gasteiger partial charge in [-0.15, -0.1) is 0 Å². The van der Waals surface area contributed by atoms with Gasteiger partial charge in [0.2, 0.25) is 0 Å². The quantitative estimate of drug-likeness (QED) is 0.687. The lowest BCUT2D eigenvalue weighted by atomic mass is 10.0. The van der Waals surface area contributed by atoms with Crippen molar-refractivity contribution in [2.45, 2.75) is 6.92 Å². The zero-order valence-electron chi connectivity index (χ0n) is 9.87. The SMILES string of the molecule is Cc1ccc(F)c(-c2ccc3c(N)n[nH]c3c2)c1. The van der Waals surface area contributed by atoms with E-state index in [0.29, 0.717) is 11.4 Å². The second-order valence-electron chi connectivity index (χ2n) is 4.35. The summed E-state index contributed by atoms with van der Waals surface area (Å²) in [7, 11) is 0. The highest BCUT2D eigenvalue weighted by atomic mass is 19.1. The topological polar surface area (TPSA) is 54.7 Å². The first kappa shape index (κ1) is 10.8. The normalized spacial score (nSPS) is 11.0. The number of nitrogens with two attached hydrogens (primary N) is 1. The third kappa shape index (κ3) is 1.62. The van der Waals surface area contributed by atoms with Gasteiger partial charge < -0.3 is 5.73 Å². The first-order valence-electron chi connectivity index (χ1n) is 5.65. The Morgan fingerprint density at radius 1 is 1.17 bits per heavy atom. The second kappa shape index (κ2) is 3.84. The largest absolute Gasteiger partial charge is 0.382 e. The average Bonchev–Trinajstić information content (AvgIpc) is 2.74. The minimum absolute atomic E-state index is 0.229. The van der Waals surface area contributed by atoms with Gasteiger partial charge >= 0.3 is 0 Å². The molecule has 0 unspecified atom stereocenters. The van der Waals surface area contributed by atoms with Gasteiger partial charge in [-0.1, -0.05) is 17.7 Å². The first-order chi connectivity index (χ1) is 8.65. The van der Waals surface area contributed by atoms with Gasteiger partial charge in [-0.3, -0.25) is 5.10 Å². The fourth-order valence-electron chi connectivity index (χ4n) is 2.07. The summed E-state index contributed by atoms with van der Waals surface area (Å²) in [6.07, 6.45) is 0. The molecule has 1 heterocycles. The third-order valence-electron chi connectivity index (χ3n) is 3.03. The molecule has 0 fully saturated rings. The van der Waals surface area contributed by atoms with Crippen LogP contribution < -0.4 is 5.73 Å². The van der Waals surface area contributed by atoms with Crippen molar-refractivity contribution in [3.05, 3.63) is 47.8 Å². The molecule has 3 aromatic rings. The van der Waals surface area contributed by atoms with Crippen molar-refractivity contribution in [1.29, 1.82) is 0 Å². The zero-order chi connectivity index (χ0) is 12.7. The fraction of sp³-hybridized carbons (Fsp3) is 0.0714. The first-order valence-corrected chi connectivity index (χ1v) is 5.65. The summed E-state index contributed by atoms with van der Waals surface area (Å²) in [5.41, 5.74) is 8.94. The molecule has 0 saturated carbocycles. The predicted molar refractivity (Wildman–Crippen MR) is 70.6 cm³/mol. The molecule has 4 heteroatoms. The molecular formula is C14H12FN3. The summed E-state index contributed by atoms with van der Waals surface area (Å²) in [5, 5.41) is 7.62. The molecule has 1 aromatic heterocycles. The van der Waals surface area contributed by atoms with Gasteiger partial charge in [0, 0.05) is 10.9 Å². The minimum atomic E-state index is -0.229. The Balaban J connectivity index is 2.22. The number of hydrogen-bond acceptors (Lipinski definition) is 2. The highest BCUT2D eigenvalue weighted by Gasteiger charge is 2.08. The number of aromatic nitrogens is 2. The molecule has 0 spiro atoms. The van der Waals surface area contributed by atoms with Crippen LogP contribution in [-0.4, -0.2) is 10.2 Å². The van der Waals surface area contributed by atoms with E-state index in [1.807, 2.05) is 31.2 Å². The van der Waals surface area contributed by atoms with E-state index in [0.717, 1.165) is 22.0 Å². The number of H-pyrrole nitrogens is 1. The van der Waals surface area contributed by atoms with E-state index >= 15 is 0 Å². The zero-order valence-corrected chi connectivity index (χ0v) is 9.87. The van der Waals surface area contributed by atoms with Gasteiger partial charge in [0.25, 0.3) is 0 Å². The molecule has 0 saturated heterocycles. The number of nitrogens with one attached hydrogen (secondary N) is 1. The summed E-state index contributed by atoms with van der Waals surface area (Å²) in [4.78, 5) is 0. The van der Waals surface area contributed by atoms with Crippen molar-refractivity contribution in [3.8, 4) is 11.1 Å². The lowest BCUT2D eigenvalue weighted by Gasteiger charge is -2.05. The van der Waals surface area contributed by atoms with Gasteiger partial charge in [-0.05, 0) is 36.8 Å². The number of halogens is 1. The Bertz CT molecular complexity index is 731. The number of aromatic amines is 1. The molecule has 0 bridgehead atoms. The molecule has 0 aliphatic rings. The van der Waals surface area contributed by atoms with Crippen LogP contribution in [0.3, 0.4) is 0 Å². The Hall–Kier alpha value is -2.36. The van der Waals surface area contributed by atoms with Crippen LogP contribution in [0, 0.1) is 12.7 Å². The van der Waals surface area contributed by atoms with Crippen molar-refractivity contribution < 1.29 is 4.39 Å². The van der Waals surface area contributed by atoms with E-state index < -0.39 is 0 Å². The van der Waals surface area contributed by atoms with Gasteiger partial charge in [0.15, 0.2) is 5.82 Å². The molecule has 0 aliphatic heterocycles. The standard InChI is InChI=1S/C14H12FN3/c1-8-2-5-12(15)11(6-8)9-3-4-10-13(7-9)17-18-14(10)16/h2-7H,1H3,(H3,16,17,18). The summed E-state index contributed by atoms with van der Waals surface area (Å²) < 4.78 is 13.8. The molecule has 3 rings (SSSR count). The second-order valence-corrected chi connectivity index (χ2v) is 4.35. The van der Waals surface area contributed by atoms with Crippen LogP contribution in [-0.2, 0) is 0 Å². The van der Waals surface area contributed by atoms with Crippen LogP contribution in [0.1, 0.15) is 5.56 Å². The van der Waals surface area contributed by atoms with Crippen LogP contribution in [0.15, 0.2) is 36.4 Å². The molecule has 0 amide bonds. The smallest absolute Gasteiger partial charge is 0.153 e. The van der Waals surface area contributed by atoms with Gasteiger partial charge in [-0.25, -0.2) is 4.39 Å². The Labute approximate surface area is 103 Å². The monoisotopic (exact) mass is 241 g/mol. The average molecular weight is 241 g/mol. The van der Waals surface area contributed by atoms with Crippen molar-refractivity contribution in [3.63, 3.8) is 0 Å². The highest BCUT2D eigenvalue weighted by molar-refractivity contribution is 5.91. The number of fused-ring (bicyclic) bond motifs is 1. The van der Waals surface area contributed by atoms with Crippen molar-refractivity contribution >= 4 is 16.7 Å². The van der Waals surface area contributed by atoms with E-state index in [2.05, 4.69) is 10.2 Å². The van der Waals surface area contributed by atoms with E-state index in [1.165, 1.54) is 6.07 Å². The molecule has 3 N–H and O–H groups in total. The van der Waals surface area contributed by atoms with Gasteiger partial charge in [-0.2, -0.15) is 5.10 Å². The number of nitrogen functional groups attached to an aromatic ring is 1. The summed E-state index contributed by atoms with van der Waals surface area (Å²) in [6.45, 7) is 1.94. The van der Waals surface area contributed by atoms with Crippen molar-refractivity contribution in [2.75, 3.05) is 5.73 Å². The molecule has 2 aromatic carbocycles. The maximum absolute atomic E-state index is 13.8. The number of hydrogen-bond donors (Lipinski definition) is 2. The number of benzene rings is 2. The summed E-state index contributed by atoms with van der Waals surface area (Å²) >= 11 is 0. The van der Waals surface area contributed by atoms with Crippen molar-refractivity contribution in [2.24, 2.45) is 0 Å². The molecule has 0 atom stereocenters. The number of anilines is 1. The van der Waals surface area contributed by atoms with Gasteiger partial charge in [0.05, 0.1) is 5.52 Å². The Morgan fingerprint density at radius 3 is 2.83 bits per heavy atom. The number of nitrogens with zero attached hydrogens (tertiary/aromatic N) is 1. The maximum atomic E-state index is 13.8. The molecule has 18 heavy (non-hydrogen) atoms. The van der Waals surface area contributed by atoms with Crippen LogP contribution in [0.25, 0.3) is 22.0 Å². The number of aryl methyl sites for hydroxylation is 1. The van der Waals surface area contributed by atoms with Crippen molar-refractivity contribution in [1.82, 2.24) is 10.2 Å². The fourth-order valence-corrected chi connectivity index (χ4v) is 2.07. The molecule has 0 radical (unpaired) electrons. The van der Waals surface area contributed by atoms with E-state index in [9.17, 15) is 4.39 Å². The maximum Gasteiger partial charge on any atom is 0.153 e. The lowest BCUT2D eigenvalue weighted by Crippen LogP contribution is -1.86. The summed E-state index contributed by atoms with van der Waals surface area (Å²) in [6, 6.07) is 10.6. The highest BCUT2D eigenvalue weighted by Crippen LogP contribution is 2.28. The van der Waals surface area contributed by atoms with E-state index in [4.69, 9.17) is 5.73 Å². The van der Waals surface area contributed by atoms with Gasteiger partial charge in [0.1, 0.15) is 5.82 Å². The molecule has 90 valence electrons. The summed E-state index contributed by atoms with van der Waals surface area (Å²) in [5.74, 6) is 0.230. The molecular weight excluding hydrogens is 229 g/mol. The minimum Gasteiger partial charge on any atom is -0.382 e. The predicted octanol–water partition coefficient (Wildman–Crippen LogP) is 3.26.